The number of hydrogen-bond donors (Lipinski definition) is 1. The topological polar surface area (TPSA) is 34.2 Å². The summed E-state index contributed by atoms with van der Waals surface area (Å²) >= 11 is 6.38. The predicted molar refractivity (Wildman–Crippen MR) is 83.2 cm³/mol. The molecule has 106 valence electrons. The van der Waals surface area contributed by atoms with Crippen LogP contribution in [-0.2, 0) is 6.54 Å². The fourth-order valence-corrected chi connectivity index (χ4v) is 2.32. The van der Waals surface area contributed by atoms with Crippen molar-refractivity contribution in [2.75, 3.05) is 13.7 Å². The normalized spacial score (nSPS) is 10.6. The molecule has 1 heterocycles. The summed E-state index contributed by atoms with van der Waals surface area (Å²) in [5.74, 6) is 0.728. The third-order valence-corrected chi connectivity index (χ3v) is 3.35. The Morgan fingerprint density at radius 3 is 2.85 bits per heavy atom. The summed E-state index contributed by atoms with van der Waals surface area (Å²) in [4.78, 5) is 4.36. The molecule has 0 saturated carbocycles. The molecule has 1 aromatic carbocycles. The molecule has 0 saturated heterocycles. The number of pyridine rings is 1. The Balaban J connectivity index is 2.25. The van der Waals surface area contributed by atoms with Gasteiger partial charge in [-0.3, -0.25) is 4.98 Å². The fraction of sp³-hybridized carbons (Fsp3) is 0.312. The molecule has 0 fully saturated rings. The molecular formula is C16H19ClN2O. The number of nitrogens with one attached hydrogen (secondary N) is 1. The van der Waals surface area contributed by atoms with Crippen LogP contribution in [0, 0.1) is 0 Å². The Labute approximate surface area is 124 Å². The van der Waals surface area contributed by atoms with E-state index < -0.39 is 0 Å². The van der Waals surface area contributed by atoms with Gasteiger partial charge in [0.2, 0.25) is 0 Å². The molecular weight excluding hydrogens is 272 g/mol. The third kappa shape index (κ3) is 3.50. The largest absolute Gasteiger partial charge is 0.494 e. The summed E-state index contributed by atoms with van der Waals surface area (Å²) < 4.78 is 5.33. The number of benzene rings is 1. The second kappa shape index (κ2) is 7.27. The van der Waals surface area contributed by atoms with Gasteiger partial charge in [0.1, 0.15) is 11.4 Å². The van der Waals surface area contributed by atoms with Gasteiger partial charge in [0.15, 0.2) is 0 Å². The monoisotopic (exact) mass is 290 g/mol. The number of hydrogen-bond acceptors (Lipinski definition) is 3. The molecule has 0 unspecified atom stereocenters. The molecule has 0 bridgehead atoms. The van der Waals surface area contributed by atoms with Crippen LogP contribution in [-0.4, -0.2) is 18.6 Å². The van der Waals surface area contributed by atoms with Crippen LogP contribution >= 0.6 is 11.6 Å². The average Bonchev–Trinajstić information content (AvgIpc) is 2.48. The predicted octanol–water partition coefficient (Wildman–Crippen LogP) is 3.91. The Kier molecular flexibility index (Phi) is 5.39. The van der Waals surface area contributed by atoms with Crippen molar-refractivity contribution in [2.24, 2.45) is 0 Å². The molecule has 2 rings (SSSR count). The van der Waals surface area contributed by atoms with Crippen molar-refractivity contribution in [1.82, 2.24) is 10.3 Å². The number of methoxy groups -OCH3 is 1. The Morgan fingerprint density at radius 2 is 2.15 bits per heavy atom. The third-order valence-electron chi connectivity index (χ3n) is 3.04. The van der Waals surface area contributed by atoms with Crippen molar-refractivity contribution in [3.63, 3.8) is 0 Å². The van der Waals surface area contributed by atoms with Crippen molar-refractivity contribution >= 4 is 11.6 Å². The van der Waals surface area contributed by atoms with E-state index in [1.54, 1.807) is 13.3 Å². The van der Waals surface area contributed by atoms with Crippen LogP contribution in [0.2, 0.25) is 5.02 Å². The van der Waals surface area contributed by atoms with E-state index in [-0.39, 0.29) is 0 Å². The number of ether oxygens (including phenoxy) is 1. The molecule has 0 aliphatic rings. The Morgan fingerprint density at radius 1 is 1.30 bits per heavy atom. The molecule has 0 aliphatic heterocycles. The lowest BCUT2D eigenvalue weighted by molar-refractivity contribution is 0.415. The lowest BCUT2D eigenvalue weighted by Crippen LogP contribution is -2.13. The van der Waals surface area contributed by atoms with Gasteiger partial charge in [-0.1, -0.05) is 30.7 Å². The summed E-state index contributed by atoms with van der Waals surface area (Å²) in [6.07, 6.45) is 2.86. The molecule has 0 radical (unpaired) electrons. The van der Waals surface area contributed by atoms with E-state index in [1.807, 2.05) is 24.3 Å². The Hall–Kier alpha value is -1.58. The van der Waals surface area contributed by atoms with Crippen LogP contribution in [0.15, 0.2) is 36.5 Å². The first-order chi connectivity index (χ1) is 9.76. The highest BCUT2D eigenvalue weighted by Gasteiger charge is 2.10. The van der Waals surface area contributed by atoms with Crippen LogP contribution in [0.1, 0.15) is 18.9 Å². The van der Waals surface area contributed by atoms with E-state index in [4.69, 9.17) is 16.3 Å². The number of halogens is 1. The molecule has 0 aliphatic carbocycles. The summed E-state index contributed by atoms with van der Waals surface area (Å²) in [5.41, 5.74) is 2.83. The molecule has 3 nitrogen and oxygen atoms in total. The summed E-state index contributed by atoms with van der Waals surface area (Å²) in [7, 11) is 1.64. The second-order valence-electron chi connectivity index (χ2n) is 4.55. The van der Waals surface area contributed by atoms with Crippen LogP contribution in [0.5, 0.6) is 5.75 Å². The maximum absolute atomic E-state index is 6.38. The van der Waals surface area contributed by atoms with E-state index in [0.717, 1.165) is 36.5 Å². The van der Waals surface area contributed by atoms with Crippen LogP contribution in [0.3, 0.4) is 0 Å². The second-order valence-corrected chi connectivity index (χ2v) is 4.95. The molecule has 0 amide bonds. The van der Waals surface area contributed by atoms with Crippen molar-refractivity contribution < 1.29 is 4.74 Å². The SMILES string of the molecule is CCCNCc1ccc(-c2ncccc2OC)c(Cl)c1. The van der Waals surface area contributed by atoms with Gasteiger partial charge in [0, 0.05) is 18.3 Å². The lowest BCUT2D eigenvalue weighted by atomic mass is 10.1. The van der Waals surface area contributed by atoms with Gasteiger partial charge in [-0.2, -0.15) is 0 Å². The maximum Gasteiger partial charge on any atom is 0.145 e. The summed E-state index contributed by atoms with van der Waals surface area (Å²) in [6, 6.07) is 9.77. The van der Waals surface area contributed by atoms with Crippen molar-refractivity contribution in [3.8, 4) is 17.0 Å². The Bertz CT molecular complexity index is 572. The molecule has 1 N–H and O–H groups in total. The van der Waals surface area contributed by atoms with Gasteiger partial charge >= 0.3 is 0 Å². The molecule has 4 heteroatoms. The summed E-state index contributed by atoms with van der Waals surface area (Å²) in [6.45, 7) is 3.98. The summed E-state index contributed by atoms with van der Waals surface area (Å²) in [5, 5.41) is 4.05. The fourth-order valence-electron chi connectivity index (χ4n) is 2.03. The zero-order valence-electron chi connectivity index (χ0n) is 11.8. The first-order valence-corrected chi connectivity index (χ1v) is 7.12. The van der Waals surface area contributed by atoms with E-state index >= 15 is 0 Å². The standard InChI is InChI=1S/C16H19ClN2O/c1-3-8-18-11-12-6-7-13(14(17)10-12)16-15(20-2)5-4-9-19-16/h4-7,9-10,18H,3,8,11H2,1-2H3. The smallest absolute Gasteiger partial charge is 0.145 e. The molecule has 2 aromatic rings. The average molecular weight is 291 g/mol. The minimum Gasteiger partial charge on any atom is -0.494 e. The highest BCUT2D eigenvalue weighted by Crippen LogP contribution is 2.33. The number of aromatic nitrogens is 1. The first-order valence-electron chi connectivity index (χ1n) is 6.74. The van der Waals surface area contributed by atoms with Crippen molar-refractivity contribution in [2.45, 2.75) is 19.9 Å². The zero-order chi connectivity index (χ0) is 14.4. The maximum atomic E-state index is 6.38. The van der Waals surface area contributed by atoms with Gasteiger partial charge in [-0.05, 0) is 36.7 Å². The van der Waals surface area contributed by atoms with Gasteiger partial charge in [0.05, 0.1) is 12.1 Å². The van der Waals surface area contributed by atoms with Gasteiger partial charge in [-0.25, -0.2) is 0 Å². The minimum absolute atomic E-state index is 0.692. The first kappa shape index (κ1) is 14.8. The number of nitrogens with zero attached hydrogens (tertiary/aromatic N) is 1. The molecule has 0 atom stereocenters. The van der Waals surface area contributed by atoms with E-state index in [2.05, 4.69) is 23.3 Å². The minimum atomic E-state index is 0.692. The quantitative estimate of drug-likeness (QED) is 0.819. The van der Waals surface area contributed by atoms with E-state index in [9.17, 15) is 0 Å². The van der Waals surface area contributed by atoms with Gasteiger partial charge in [-0.15, -0.1) is 0 Å². The molecule has 0 spiro atoms. The van der Waals surface area contributed by atoms with E-state index in [0.29, 0.717) is 5.02 Å². The molecule has 20 heavy (non-hydrogen) atoms. The van der Waals surface area contributed by atoms with Gasteiger partial charge < -0.3 is 10.1 Å². The lowest BCUT2D eigenvalue weighted by Gasteiger charge is -2.10. The zero-order valence-corrected chi connectivity index (χ0v) is 12.6. The number of rotatable bonds is 6. The molecule has 1 aromatic heterocycles. The highest BCUT2D eigenvalue weighted by molar-refractivity contribution is 6.33. The van der Waals surface area contributed by atoms with E-state index in [1.165, 1.54) is 5.56 Å². The van der Waals surface area contributed by atoms with Crippen LogP contribution < -0.4 is 10.1 Å². The van der Waals surface area contributed by atoms with Crippen molar-refractivity contribution in [1.29, 1.82) is 0 Å². The van der Waals surface area contributed by atoms with Crippen molar-refractivity contribution in [3.05, 3.63) is 47.1 Å². The van der Waals surface area contributed by atoms with Gasteiger partial charge in [0.25, 0.3) is 0 Å². The highest BCUT2D eigenvalue weighted by atomic mass is 35.5. The van der Waals surface area contributed by atoms with Crippen LogP contribution in [0.4, 0.5) is 0 Å². The van der Waals surface area contributed by atoms with Crippen LogP contribution in [0.25, 0.3) is 11.3 Å².